The third kappa shape index (κ3) is 1.24. The Morgan fingerprint density at radius 3 is 3.00 bits per heavy atom. The van der Waals surface area contributed by atoms with Crippen LogP contribution in [0.2, 0.25) is 0 Å². The molecule has 0 saturated carbocycles. The number of rotatable bonds is 1. The fraction of sp³-hybridized carbons (Fsp3) is 0.0833. The summed E-state index contributed by atoms with van der Waals surface area (Å²) >= 11 is 0. The van der Waals surface area contributed by atoms with Crippen molar-refractivity contribution in [2.24, 2.45) is 0 Å². The number of carbonyl (C=O) groups is 1. The van der Waals surface area contributed by atoms with E-state index in [4.69, 9.17) is 4.42 Å². The molecule has 2 aromatic rings. The zero-order valence-electron chi connectivity index (χ0n) is 8.01. The van der Waals surface area contributed by atoms with Gasteiger partial charge in [0, 0.05) is 11.8 Å². The molecule has 0 fully saturated rings. The maximum Gasteiger partial charge on any atom is 0.207 e. The van der Waals surface area contributed by atoms with Crippen molar-refractivity contribution < 1.29 is 9.21 Å². The minimum atomic E-state index is 0.0939. The van der Waals surface area contributed by atoms with E-state index in [2.05, 4.69) is 0 Å². The zero-order valence-corrected chi connectivity index (χ0v) is 8.01. The van der Waals surface area contributed by atoms with Gasteiger partial charge in [-0.1, -0.05) is 0 Å². The van der Waals surface area contributed by atoms with Crippen LogP contribution in [0, 0.1) is 0 Å². The number of hydrogen-bond donors (Lipinski definition) is 0. The van der Waals surface area contributed by atoms with Gasteiger partial charge in [0.05, 0.1) is 18.5 Å². The van der Waals surface area contributed by atoms with Gasteiger partial charge in [0.25, 0.3) is 0 Å². The molecule has 0 atom stereocenters. The number of hydrogen-bond acceptors (Lipinski definition) is 2. The number of carbonyl (C=O) groups excluding carboxylic acids is 1. The lowest BCUT2D eigenvalue weighted by atomic mass is 10.1. The third-order valence-electron chi connectivity index (χ3n) is 2.55. The molecule has 0 bridgehead atoms. The molecule has 0 saturated heterocycles. The van der Waals surface area contributed by atoms with Gasteiger partial charge in [0.15, 0.2) is 0 Å². The highest BCUT2D eigenvalue weighted by Gasteiger charge is 2.23. The summed E-state index contributed by atoms with van der Waals surface area (Å²) in [6, 6.07) is 7.38. The number of nitrogens with zero attached hydrogens (tertiary/aromatic N) is 1. The van der Waals surface area contributed by atoms with Gasteiger partial charge in [0.2, 0.25) is 5.78 Å². The quantitative estimate of drug-likeness (QED) is 0.661. The molecule has 0 N–H and O–H groups in total. The zero-order chi connectivity index (χ0) is 10.3. The Morgan fingerprint density at radius 1 is 1.33 bits per heavy atom. The second-order valence-electron chi connectivity index (χ2n) is 3.54. The van der Waals surface area contributed by atoms with Crippen LogP contribution in [0.25, 0.3) is 6.08 Å². The molecule has 2 aromatic heterocycles. The average Bonchev–Trinajstić information content (AvgIpc) is 2.89. The highest BCUT2D eigenvalue weighted by Crippen LogP contribution is 2.22. The van der Waals surface area contributed by atoms with Gasteiger partial charge in [-0.2, -0.15) is 0 Å². The molecule has 3 heterocycles. The largest absolute Gasteiger partial charge is 0.465 e. The molecule has 1 aliphatic heterocycles. The average molecular weight is 199 g/mol. The first kappa shape index (κ1) is 8.29. The summed E-state index contributed by atoms with van der Waals surface area (Å²) in [7, 11) is 0. The number of ketones is 1. The fourth-order valence-electron chi connectivity index (χ4n) is 1.83. The Kier molecular flexibility index (Phi) is 1.65. The van der Waals surface area contributed by atoms with E-state index < -0.39 is 0 Å². The smallest absolute Gasteiger partial charge is 0.207 e. The van der Waals surface area contributed by atoms with Crippen molar-refractivity contribution in [2.75, 3.05) is 0 Å². The highest BCUT2D eigenvalue weighted by molar-refractivity contribution is 6.12. The second kappa shape index (κ2) is 2.98. The van der Waals surface area contributed by atoms with Crippen LogP contribution in [-0.4, -0.2) is 10.4 Å². The van der Waals surface area contributed by atoms with Crippen molar-refractivity contribution in [3.8, 4) is 0 Å². The van der Waals surface area contributed by atoms with Crippen molar-refractivity contribution in [1.82, 2.24) is 4.57 Å². The second-order valence-corrected chi connectivity index (χ2v) is 3.54. The molecule has 0 aliphatic carbocycles. The summed E-state index contributed by atoms with van der Waals surface area (Å²) in [5.74, 6) is 0.820. The maximum absolute atomic E-state index is 11.9. The first-order valence-corrected chi connectivity index (χ1v) is 4.78. The van der Waals surface area contributed by atoms with Gasteiger partial charge in [-0.3, -0.25) is 4.79 Å². The van der Waals surface area contributed by atoms with Crippen molar-refractivity contribution in [3.05, 3.63) is 53.8 Å². The molecule has 0 unspecified atom stereocenters. The van der Waals surface area contributed by atoms with E-state index in [0.717, 1.165) is 17.0 Å². The van der Waals surface area contributed by atoms with E-state index in [9.17, 15) is 4.79 Å². The third-order valence-corrected chi connectivity index (χ3v) is 2.55. The Morgan fingerprint density at radius 2 is 2.27 bits per heavy atom. The lowest BCUT2D eigenvalue weighted by molar-refractivity contribution is 0.103. The Hall–Kier alpha value is -2.03. The molecule has 1 aliphatic rings. The van der Waals surface area contributed by atoms with Crippen LogP contribution in [0.3, 0.4) is 0 Å². The topological polar surface area (TPSA) is 35.1 Å². The first-order chi connectivity index (χ1) is 7.34. The summed E-state index contributed by atoms with van der Waals surface area (Å²) < 4.78 is 7.12. The molecular weight excluding hydrogens is 190 g/mol. The van der Waals surface area contributed by atoms with E-state index in [1.54, 1.807) is 12.3 Å². The Bertz CT molecular complexity index is 532. The summed E-state index contributed by atoms with van der Waals surface area (Å²) in [4.78, 5) is 11.9. The van der Waals surface area contributed by atoms with Crippen LogP contribution in [0.4, 0.5) is 0 Å². The summed E-state index contributed by atoms with van der Waals surface area (Å²) in [6.07, 6.45) is 5.32. The van der Waals surface area contributed by atoms with Gasteiger partial charge >= 0.3 is 0 Å². The molecule has 0 radical (unpaired) electrons. The van der Waals surface area contributed by atoms with Crippen molar-refractivity contribution in [2.45, 2.75) is 6.54 Å². The summed E-state index contributed by atoms with van der Waals surface area (Å²) in [5, 5.41) is 0. The fourth-order valence-corrected chi connectivity index (χ4v) is 1.83. The van der Waals surface area contributed by atoms with E-state index >= 15 is 0 Å². The van der Waals surface area contributed by atoms with Crippen molar-refractivity contribution >= 4 is 11.9 Å². The van der Waals surface area contributed by atoms with E-state index in [1.807, 2.05) is 35.0 Å². The van der Waals surface area contributed by atoms with Gasteiger partial charge in [-0.25, -0.2) is 0 Å². The summed E-state index contributed by atoms with van der Waals surface area (Å²) in [5.41, 5.74) is 1.54. The monoisotopic (exact) mass is 199 g/mol. The van der Waals surface area contributed by atoms with Crippen LogP contribution in [0.5, 0.6) is 0 Å². The summed E-state index contributed by atoms with van der Waals surface area (Å²) in [6.45, 7) is 0.641. The minimum Gasteiger partial charge on any atom is -0.465 e. The standard InChI is InChI=1S/C12H9NO2/c14-12-9(7-10-3-2-6-15-10)8-13-5-1-4-11(12)13/h1-7H,8H2/b9-7+. The Labute approximate surface area is 86.6 Å². The number of fused-ring (bicyclic) bond motifs is 1. The van der Waals surface area contributed by atoms with Gasteiger partial charge in [-0.15, -0.1) is 0 Å². The SMILES string of the molecule is O=C1/C(=C/c2ccco2)Cn2cccc21. The maximum atomic E-state index is 11.9. The van der Waals surface area contributed by atoms with Gasteiger partial charge < -0.3 is 8.98 Å². The molecular formula is C12H9NO2. The molecule has 3 heteroatoms. The van der Waals surface area contributed by atoms with Crippen LogP contribution >= 0.6 is 0 Å². The Balaban J connectivity index is 2.00. The van der Waals surface area contributed by atoms with Crippen molar-refractivity contribution in [1.29, 1.82) is 0 Å². The molecule has 3 nitrogen and oxygen atoms in total. The number of aromatic nitrogens is 1. The van der Waals surface area contributed by atoms with E-state index in [0.29, 0.717) is 6.54 Å². The lowest BCUT2D eigenvalue weighted by Crippen LogP contribution is -1.94. The first-order valence-electron chi connectivity index (χ1n) is 4.78. The predicted molar refractivity (Wildman–Crippen MR) is 55.4 cm³/mol. The molecule has 0 spiro atoms. The molecule has 0 amide bonds. The van der Waals surface area contributed by atoms with Gasteiger partial charge in [0.1, 0.15) is 5.76 Å². The molecule has 0 aromatic carbocycles. The lowest BCUT2D eigenvalue weighted by Gasteiger charge is -1.93. The van der Waals surface area contributed by atoms with Crippen LogP contribution in [0.15, 0.2) is 46.7 Å². The molecule has 3 rings (SSSR count). The van der Waals surface area contributed by atoms with E-state index in [-0.39, 0.29) is 5.78 Å². The normalized spacial score (nSPS) is 17.3. The number of furan rings is 1. The van der Waals surface area contributed by atoms with Crippen LogP contribution in [-0.2, 0) is 6.54 Å². The molecule has 15 heavy (non-hydrogen) atoms. The number of Topliss-reactive ketones (excluding diaryl/α,β-unsaturated/α-hetero) is 1. The number of allylic oxidation sites excluding steroid dienone is 1. The predicted octanol–water partition coefficient (Wildman–Crippen LogP) is 2.36. The van der Waals surface area contributed by atoms with Gasteiger partial charge in [-0.05, 0) is 30.3 Å². The van der Waals surface area contributed by atoms with Crippen LogP contribution in [0.1, 0.15) is 16.2 Å². The molecule has 74 valence electrons. The van der Waals surface area contributed by atoms with Crippen molar-refractivity contribution in [3.63, 3.8) is 0 Å². The van der Waals surface area contributed by atoms with E-state index in [1.165, 1.54) is 0 Å². The van der Waals surface area contributed by atoms with Crippen LogP contribution < -0.4 is 0 Å². The minimum absolute atomic E-state index is 0.0939. The highest BCUT2D eigenvalue weighted by atomic mass is 16.3.